The first-order chi connectivity index (χ1) is 19.7. The summed E-state index contributed by atoms with van der Waals surface area (Å²) in [5, 5.41) is 3.12. The minimum absolute atomic E-state index is 0.242. The van der Waals surface area contributed by atoms with Crippen molar-refractivity contribution in [3.05, 3.63) is 71.5 Å². The second-order valence-electron chi connectivity index (χ2n) is 12.2. The fraction of sp³-hybridized carbons (Fsp3) is 0.455. The van der Waals surface area contributed by atoms with Crippen LogP contribution >= 0.6 is 75.5 Å². The van der Waals surface area contributed by atoms with E-state index in [-0.39, 0.29) is 5.41 Å². The molecule has 2 nitrogen and oxygen atoms in total. The van der Waals surface area contributed by atoms with Crippen LogP contribution in [0.5, 0.6) is 11.5 Å². The summed E-state index contributed by atoms with van der Waals surface area (Å²) >= 11 is 17.0. The maximum atomic E-state index is 6.38. The highest BCUT2D eigenvalue weighted by Crippen LogP contribution is 2.44. The average molecular weight is 880 g/mol. The summed E-state index contributed by atoms with van der Waals surface area (Å²) in [5.41, 5.74) is 2.14. The summed E-state index contributed by atoms with van der Waals surface area (Å²) in [6, 6.07) is 17.2. The lowest BCUT2D eigenvalue weighted by atomic mass is 9.78. The summed E-state index contributed by atoms with van der Waals surface area (Å²) in [4.78, 5) is 1.40. The number of halogens is 4. The van der Waals surface area contributed by atoms with E-state index in [9.17, 15) is 0 Å². The van der Waals surface area contributed by atoms with Gasteiger partial charge in [-0.3, -0.25) is 0 Å². The first-order valence-corrected chi connectivity index (χ1v) is 24.6. The van der Waals surface area contributed by atoms with Gasteiger partial charge in [0.05, 0.1) is 48.0 Å². The second kappa shape index (κ2) is 16.0. The number of hydrogen-bond donors (Lipinski definition) is 0. The van der Waals surface area contributed by atoms with Gasteiger partial charge in [-0.05, 0) is 130 Å². The minimum Gasteiger partial charge on any atom is -0.491 e. The predicted molar refractivity (Wildman–Crippen MR) is 204 cm³/mol. The van der Waals surface area contributed by atoms with Crippen LogP contribution in [-0.2, 0) is 5.41 Å². The standard InChI is InChI=1S/C33H43Br4O2SSi2/c1-9-10-12-38-31-27(34)15-22(16-28(31)35)33(2,3)23-17-29(36)32(30(37)18-23)39-13-11-14-42(7,8)26-20-24(40-4)19-25(21-26)41(5)6/h15-21H,9-14H2,1-8H3. The van der Waals surface area contributed by atoms with Crippen LogP contribution < -0.4 is 19.8 Å². The Bertz CT molecular complexity index is 1330. The zero-order chi connectivity index (χ0) is 31.2. The van der Waals surface area contributed by atoms with E-state index in [1.807, 2.05) is 11.8 Å². The van der Waals surface area contributed by atoms with E-state index < -0.39 is 16.9 Å². The van der Waals surface area contributed by atoms with Gasteiger partial charge in [0.2, 0.25) is 0 Å². The van der Waals surface area contributed by atoms with E-state index in [2.05, 4.69) is 159 Å². The van der Waals surface area contributed by atoms with Gasteiger partial charge >= 0.3 is 0 Å². The van der Waals surface area contributed by atoms with Crippen LogP contribution in [0.3, 0.4) is 0 Å². The zero-order valence-corrected chi connectivity index (χ0v) is 35.2. The molecule has 3 aromatic rings. The fourth-order valence-corrected chi connectivity index (χ4v) is 11.8. The molecule has 0 spiro atoms. The number of hydrogen-bond acceptors (Lipinski definition) is 3. The molecule has 0 aliphatic heterocycles. The molecule has 0 bridgehead atoms. The van der Waals surface area contributed by atoms with Crippen LogP contribution in [0.2, 0.25) is 32.2 Å². The smallest absolute Gasteiger partial charge is 0.147 e. The Morgan fingerprint density at radius 1 is 0.762 bits per heavy atom. The van der Waals surface area contributed by atoms with Gasteiger partial charge in [0.25, 0.3) is 0 Å². The molecule has 0 aliphatic rings. The highest BCUT2D eigenvalue weighted by molar-refractivity contribution is 9.11. The van der Waals surface area contributed by atoms with Crippen LogP contribution in [0.15, 0.2) is 65.3 Å². The molecule has 3 rings (SSSR count). The SMILES string of the molecule is CCCCOc1c(Br)cc(C(C)(C)c2cc(Br)c(OCCC[Si](C)(C)c3cc(SC)cc([Si](C)C)c3)c(Br)c2)cc1Br. The van der Waals surface area contributed by atoms with Crippen molar-refractivity contribution in [1.29, 1.82) is 0 Å². The maximum absolute atomic E-state index is 6.38. The molecular formula is C33H43Br4O2SSi2. The van der Waals surface area contributed by atoms with Crippen molar-refractivity contribution >= 4 is 103 Å². The first-order valence-electron chi connectivity index (χ1n) is 14.5. The van der Waals surface area contributed by atoms with Gasteiger partial charge in [0.15, 0.2) is 0 Å². The summed E-state index contributed by atoms with van der Waals surface area (Å²) in [6.45, 7) is 17.8. The van der Waals surface area contributed by atoms with Crippen molar-refractivity contribution < 1.29 is 9.47 Å². The van der Waals surface area contributed by atoms with Crippen molar-refractivity contribution in [2.24, 2.45) is 0 Å². The Kier molecular flexibility index (Phi) is 13.9. The third kappa shape index (κ3) is 9.26. The molecule has 0 N–H and O–H groups in total. The lowest BCUT2D eigenvalue weighted by Gasteiger charge is -2.28. The van der Waals surface area contributed by atoms with Gasteiger partial charge in [0.1, 0.15) is 11.5 Å². The molecule has 1 radical (unpaired) electrons. The minimum atomic E-state index is -1.58. The summed E-state index contributed by atoms with van der Waals surface area (Å²) in [5.74, 6) is 1.73. The van der Waals surface area contributed by atoms with Gasteiger partial charge in [-0.25, -0.2) is 0 Å². The topological polar surface area (TPSA) is 18.5 Å². The van der Waals surface area contributed by atoms with Crippen molar-refractivity contribution in [3.8, 4) is 11.5 Å². The maximum Gasteiger partial charge on any atom is 0.147 e. The van der Waals surface area contributed by atoms with Gasteiger partial charge < -0.3 is 9.47 Å². The number of ether oxygens (including phenoxy) is 2. The molecule has 9 heteroatoms. The Morgan fingerprint density at radius 2 is 1.24 bits per heavy atom. The average Bonchev–Trinajstić information content (AvgIpc) is 2.93. The number of benzene rings is 3. The Morgan fingerprint density at radius 3 is 1.67 bits per heavy atom. The highest BCUT2D eigenvalue weighted by atomic mass is 79.9. The summed E-state index contributed by atoms with van der Waals surface area (Å²) in [6.07, 6.45) is 5.36. The van der Waals surface area contributed by atoms with Crippen molar-refractivity contribution in [1.82, 2.24) is 0 Å². The molecule has 0 heterocycles. The fourth-order valence-electron chi connectivity index (χ4n) is 4.83. The normalized spacial score (nSPS) is 12.2. The van der Waals surface area contributed by atoms with E-state index in [0.29, 0.717) is 13.2 Å². The molecule has 0 aromatic heterocycles. The van der Waals surface area contributed by atoms with E-state index >= 15 is 0 Å². The number of unbranched alkanes of at least 4 members (excludes halogenated alkanes) is 1. The van der Waals surface area contributed by atoms with Crippen molar-refractivity contribution in [2.45, 2.75) is 82.6 Å². The van der Waals surface area contributed by atoms with Crippen LogP contribution in [0.25, 0.3) is 0 Å². The molecule has 0 amide bonds. The molecule has 0 atom stereocenters. The number of rotatable bonds is 14. The third-order valence-corrected chi connectivity index (χ3v) is 15.8. The van der Waals surface area contributed by atoms with E-state index in [1.54, 1.807) is 10.4 Å². The largest absolute Gasteiger partial charge is 0.491 e. The summed E-state index contributed by atoms with van der Waals surface area (Å²) < 4.78 is 16.3. The molecule has 0 fully saturated rings. The van der Waals surface area contributed by atoms with E-state index in [4.69, 9.17) is 9.47 Å². The van der Waals surface area contributed by atoms with E-state index in [0.717, 1.165) is 48.7 Å². The van der Waals surface area contributed by atoms with Gasteiger partial charge in [-0.2, -0.15) is 0 Å². The second-order valence-corrected chi connectivity index (χ2v) is 23.9. The Hall–Kier alpha value is -0.0362. The Balaban J connectivity index is 1.72. The van der Waals surface area contributed by atoms with Gasteiger partial charge in [0, 0.05) is 10.3 Å². The number of thioether (sulfide) groups is 1. The highest BCUT2D eigenvalue weighted by Gasteiger charge is 2.28. The van der Waals surface area contributed by atoms with Crippen LogP contribution in [0.4, 0.5) is 0 Å². The zero-order valence-electron chi connectivity index (χ0n) is 26.0. The molecule has 0 saturated heterocycles. The molecule has 42 heavy (non-hydrogen) atoms. The van der Waals surface area contributed by atoms with Gasteiger partial charge in [-0.15, -0.1) is 11.8 Å². The van der Waals surface area contributed by atoms with Gasteiger partial charge in [-0.1, -0.05) is 75.9 Å². The molecular weight excluding hydrogens is 836 g/mol. The van der Waals surface area contributed by atoms with Crippen LogP contribution in [0.1, 0.15) is 51.2 Å². The molecule has 229 valence electrons. The lowest BCUT2D eigenvalue weighted by molar-refractivity contribution is 0.305. The lowest BCUT2D eigenvalue weighted by Crippen LogP contribution is -2.44. The predicted octanol–water partition coefficient (Wildman–Crippen LogP) is 11.3. The van der Waals surface area contributed by atoms with E-state index in [1.165, 1.54) is 22.1 Å². The van der Waals surface area contributed by atoms with Crippen LogP contribution in [0, 0.1) is 0 Å². The molecule has 0 unspecified atom stereocenters. The first kappa shape index (κ1) is 36.4. The summed E-state index contributed by atoms with van der Waals surface area (Å²) in [7, 11) is -2.06. The Labute approximate surface area is 294 Å². The molecule has 3 aromatic carbocycles. The van der Waals surface area contributed by atoms with Crippen LogP contribution in [-0.4, -0.2) is 36.3 Å². The van der Waals surface area contributed by atoms with Crippen molar-refractivity contribution in [2.75, 3.05) is 19.5 Å². The van der Waals surface area contributed by atoms with Crippen molar-refractivity contribution in [3.63, 3.8) is 0 Å². The monoisotopic (exact) mass is 875 g/mol. The molecule has 0 aliphatic carbocycles. The molecule has 0 saturated carbocycles. The quantitative estimate of drug-likeness (QED) is 0.0913. The third-order valence-electron chi connectivity index (χ3n) is 7.88.